The highest BCUT2D eigenvalue weighted by molar-refractivity contribution is 7.90. The van der Waals surface area contributed by atoms with Gasteiger partial charge >= 0.3 is 5.97 Å². The molecule has 1 N–H and O–H groups in total. The Morgan fingerprint density at radius 2 is 1.65 bits per heavy atom. The van der Waals surface area contributed by atoms with Crippen molar-refractivity contribution in [3.63, 3.8) is 0 Å². The monoisotopic (exact) mass is 345 g/mol. The second-order valence-electron chi connectivity index (χ2n) is 4.68. The largest absolute Gasteiger partial charge is 0.477 e. The van der Waals surface area contributed by atoms with E-state index in [4.69, 9.17) is 0 Å². The molecule has 0 aliphatic rings. The number of sulfonamides is 1. The van der Waals surface area contributed by atoms with Crippen molar-refractivity contribution in [3.05, 3.63) is 70.9 Å². The number of aromatic carboxylic acids is 1. The quantitative estimate of drug-likeness (QED) is 0.791. The Balaban J connectivity index is 2.33. The van der Waals surface area contributed by atoms with Crippen LogP contribution in [0.3, 0.4) is 0 Å². The van der Waals surface area contributed by atoms with Gasteiger partial charge in [0.15, 0.2) is 0 Å². The van der Waals surface area contributed by atoms with Gasteiger partial charge in [0, 0.05) is 10.1 Å². The van der Waals surface area contributed by atoms with Gasteiger partial charge in [-0.3, -0.25) is 0 Å². The predicted octanol–water partition coefficient (Wildman–Crippen LogP) is 2.89. The van der Waals surface area contributed by atoms with E-state index in [1.165, 1.54) is 18.2 Å². The van der Waals surface area contributed by atoms with Gasteiger partial charge in [0.2, 0.25) is 0 Å². The molecule has 0 aliphatic carbocycles. The molecule has 5 nitrogen and oxygen atoms in total. The minimum Gasteiger partial charge on any atom is -0.477 e. The summed E-state index contributed by atoms with van der Waals surface area (Å²) in [5, 5.41) is 9.93. The maximum atomic E-state index is 12.4. The second kappa shape index (κ2) is 5.94. The fraction of sp³-hybridized carbons (Fsp3) is 0. The minimum absolute atomic E-state index is 0.0331. The Hall–Kier alpha value is -2.51. The summed E-state index contributed by atoms with van der Waals surface area (Å²) in [4.78, 5) is 11.3. The normalized spacial score (nSPS) is 12.4. The first-order valence-corrected chi connectivity index (χ1v) is 8.85. The van der Waals surface area contributed by atoms with E-state index in [-0.39, 0.29) is 15.1 Å². The van der Waals surface area contributed by atoms with Gasteiger partial charge in [-0.1, -0.05) is 36.4 Å². The van der Waals surface area contributed by atoms with Crippen molar-refractivity contribution in [1.29, 1.82) is 0 Å². The molecule has 3 rings (SSSR count). The summed E-state index contributed by atoms with van der Waals surface area (Å²) in [6.07, 6.45) is 0. The van der Waals surface area contributed by atoms with E-state index in [0.29, 0.717) is 10.1 Å². The first-order valence-electron chi connectivity index (χ1n) is 6.60. The van der Waals surface area contributed by atoms with E-state index in [0.717, 1.165) is 11.3 Å². The number of carboxylic acid groups (broad SMARTS) is 1. The van der Waals surface area contributed by atoms with Gasteiger partial charge in [0.05, 0.1) is 10.3 Å². The van der Waals surface area contributed by atoms with E-state index < -0.39 is 16.0 Å². The minimum atomic E-state index is -3.91. The maximum absolute atomic E-state index is 12.4. The summed E-state index contributed by atoms with van der Waals surface area (Å²) in [7, 11) is -3.91. The lowest BCUT2D eigenvalue weighted by Crippen LogP contribution is -2.10. The van der Waals surface area contributed by atoms with Crippen LogP contribution >= 0.6 is 11.3 Å². The van der Waals surface area contributed by atoms with Crippen LogP contribution in [0.5, 0.6) is 0 Å². The highest BCUT2D eigenvalue weighted by Crippen LogP contribution is 2.19. The van der Waals surface area contributed by atoms with Crippen molar-refractivity contribution in [2.24, 2.45) is 4.40 Å². The zero-order chi connectivity index (χ0) is 16.4. The highest BCUT2D eigenvalue weighted by Gasteiger charge is 2.13. The fourth-order valence-corrected chi connectivity index (χ4v) is 4.01. The molecule has 0 radical (unpaired) electrons. The third kappa shape index (κ3) is 3.15. The van der Waals surface area contributed by atoms with Crippen LogP contribution in [-0.2, 0) is 10.0 Å². The SMILES string of the molecule is O=C(O)c1cc(=NS(=O)(=O)c2ccccc2)c2ccccc2s1. The first kappa shape index (κ1) is 15.4. The molecule has 0 amide bonds. The average Bonchev–Trinajstić information content (AvgIpc) is 2.55. The Labute approximate surface area is 136 Å². The van der Waals surface area contributed by atoms with Crippen LogP contribution in [0.1, 0.15) is 9.67 Å². The highest BCUT2D eigenvalue weighted by atomic mass is 32.2. The number of benzene rings is 2. The first-order chi connectivity index (χ1) is 11.0. The molecule has 116 valence electrons. The molecule has 0 spiro atoms. The maximum Gasteiger partial charge on any atom is 0.345 e. The number of fused-ring (bicyclic) bond motifs is 1. The van der Waals surface area contributed by atoms with Crippen LogP contribution in [0.25, 0.3) is 10.1 Å². The van der Waals surface area contributed by atoms with Crippen LogP contribution in [0.15, 0.2) is 70.0 Å². The average molecular weight is 345 g/mol. The van der Waals surface area contributed by atoms with Gasteiger partial charge in [0.25, 0.3) is 10.0 Å². The molecule has 7 heteroatoms. The number of nitrogens with zero attached hydrogens (tertiary/aromatic N) is 1. The van der Waals surface area contributed by atoms with Crippen LogP contribution in [0.4, 0.5) is 0 Å². The van der Waals surface area contributed by atoms with Crippen LogP contribution in [0, 0.1) is 0 Å². The lowest BCUT2D eigenvalue weighted by molar-refractivity contribution is 0.0702. The van der Waals surface area contributed by atoms with Gasteiger partial charge in [-0.2, -0.15) is 12.8 Å². The Bertz CT molecular complexity index is 1050. The summed E-state index contributed by atoms with van der Waals surface area (Å²) in [6.45, 7) is 0. The van der Waals surface area contributed by atoms with Crippen molar-refractivity contribution in [3.8, 4) is 0 Å². The molecule has 0 aliphatic heterocycles. The molecule has 0 unspecified atom stereocenters. The van der Waals surface area contributed by atoms with E-state index >= 15 is 0 Å². The second-order valence-corrected chi connectivity index (χ2v) is 7.36. The Morgan fingerprint density at radius 1 is 1.00 bits per heavy atom. The molecule has 2 aromatic carbocycles. The van der Waals surface area contributed by atoms with Crippen LogP contribution in [0.2, 0.25) is 0 Å². The topological polar surface area (TPSA) is 83.8 Å². The van der Waals surface area contributed by atoms with E-state index in [1.807, 2.05) is 0 Å². The molecule has 0 saturated heterocycles. The summed E-state index contributed by atoms with van der Waals surface area (Å²) in [5.74, 6) is -1.12. The lowest BCUT2D eigenvalue weighted by Gasteiger charge is -2.02. The summed E-state index contributed by atoms with van der Waals surface area (Å²) in [5.41, 5.74) is 0. The number of hydrogen-bond acceptors (Lipinski definition) is 4. The zero-order valence-corrected chi connectivity index (χ0v) is 13.3. The predicted molar refractivity (Wildman–Crippen MR) is 88.0 cm³/mol. The number of carboxylic acids is 1. The molecule has 23 heavy (non-hydrogen) atoms. The fourth-order valence-electron chi connectivity index (χ4n) is 2.07. The van der Waals surface area contributed by atoms with Gasteiger partial charge in [-0.25, -0.2) is 4.79 Å². The molecule has 1 aromatic heterocycles. The molecule has 0 bridgehead atoms. The van der Waals surface area contributed by atoms with Crippen molar-refractivity contribution in [2.45, 2.75) is 4.90 Å². The van der Waals surface area contributed by atoms with Gasteiger partial charge in [-0.05, 0) is 24.3 Å². The molecule has 0 atom stereocenters. The zero-order valence-electron chi connectivity index (χ0n) is 11.7. The van der Waals surface area contributed by atoms with Crippen molar-refractivity contribution < 1.29 is 18.3 Å². The van der Waals surface area contributed by atoms with Crippen molar-refractivity contribution in [1.82, 2.24) is 0 Å². The Morgan fingerprint density at radius 3 is 2.35 bits per heavy atom. The van der Waals surface area contributed by atoms with Gasteiger partial charge in [0.1, 0.15) is 4.88 Å². The third-order valence-corrected chi connectivity index (χ3v) is 5.51. The van der Waals surface area contributed by atoms with Crippen molar-refractivity contribution >= 4 is 37.4 Å². The van der Waals surface area contributed by atoms with E-state index in [1.54, 1.807) is 42.5 Å². The van der Waals surface area contributed by atoms with Gasteiger partial charge in [-0.15, -0.1) is 11.3 Å². The summed E-state index contributed by atoms with van der Waals surface area (Å²) in [6, 6.07) is 16.1. The molecule has 0 fully saturated rings. The lowest BCUT2D eigenvalue weighted by atomic mass is 10.2. The van der Waals surface area contributed by atoms with E-state index in [9.17, 15) is 18.3 Å². The molecule has 1 heterocycles. The molecular weight excluding hydrogens is 334 g/mol. The van der Waals surface area contributed by atoms with Crippen LogP contribution < -0.4 is 5.36 Å². The summed E-state index contributed by atoms with van der Waals surface area (Å²) >= 11 is 1.08. The third-order valence-electron chi connectivity index (χ3n) is 3.12. The van der Waals surface area contributed by atoms with E-state index in [2.05, 4.69) is 4.40 Å². The standard InChI is InChI=1S/C16H11NO4S2/c18-16(19)15-10-13(12-8-4-5-9-14(12)22-15)17-23(20,21)11-6-2-1-3-7-11/h1-10H,(H,18,19). The number of rotatable bonds is 3. The Kier molecular flexibility index (Phi) is 3.97. The van der Waals surface area contributed by atoms with Crippen molar-refractivity contribution in [2.75, 3.05) is 0 Å². The molecular formula is C16H11NO4S2. The number of carbonyl (C=O) groups is 1. The van der Waals surface area contributed by atoms with Gasteiger partial charge < -0.3 is 5.11 Å². The molecule has 0 saturated carbocycles. The smallest absolute Gasteiger partial charge is 0.345 e. The molecule has 3 aromatic rings. The van der Waals surface area contributed by atoms with Crippen LogP contribution in [-0.4, -0.2) is 19.5 Å². The number of hydrogen-bond donors (Lipinski definition) is 1. The summed E-state index contributed by atoms with van der Waals surface area (Å²) < 4.78 is 29.3.